The minimum Gasteiger partial charge on any atom is -0.459 e. The molecule has 8 nitrogen and oxygen atoms in total. The summed E-state index contributed by atoms with van der Waals surface area (Å²) < 4.78 is 16.2. The number of hydrogen-bond donors (Lipinski definition) is 1. The quantitative estimate of drug-likeness (QED) is 0.180. The Labute approximate surface area is 294 Å². The third kappa shape index (κ3) is 6.99. The van der Waals surface area contributed by atoms with Crippen LogP contribution in [0.4, 0.5) is 0 Å². The van der Waals surface area contributed by atoms with Crippen LogP contribution in [0.5, 0.6) is 0 Å². The first-order chi connectivity index (χ1) is 22.8. The lowest BCUT2D eigenvalue weighted by molar-refractivity contribution is -0.223. The molecular formula is C41H64O8. The molecule has 14 atom stereocenters. The first kappa shape index (κ1) is 36.8. The van der Waals surface area contributed by atoms with E-state index in [9.17, 15) is 24.3 Å². The van der Waals surface area contributed by atoms with Crippen LogP contribution in [0.1, 0.15) is 133 Å². The number of aliphatic hydroxyl groups is 1. The third-order valence-corrected chi connectivity index (χ3v) is 15.6. The fourth-order valence-corrected chi connectivity index (χ4v) is 12.1. The van der Waals surface area contributed by atoms with Crippen LogP contribution in [0.15, 0.2) is 0 Å². The normalized spacial score (nSPS) is 48.4. The maximum atomic E-state index is 13.0. The Kier molecular flexibility index (Phi) is 9.94. The van der Waals surface area contributed by atoms with Gasteiger partial charge in [-0.2, -0.15) is 0 Å². The summed E-state index contributed by atoms with van der Waals surface area (Å²) in [4.78, 5) is 46.3. The van der Waals surface area contributed by atoms with Crippen molar-refractivity contribution in [2.24, 2.45) is 82.9 Å². The van der Waals surface area contributed by atoms with E-state index in [1.807, 2.05) is 13.8 Å². The molecule has 14 unspecified atom stereocenters. The zero-order valence-corrected chi connectivity index (χ0v) is 31.7. The topological polar surface area (TPSA) is 116 Å². The minimum absolute atomic E-state index is 0.0584. The largest absolute Gasteiger partial charge is 0.459 e. The monoisotopic (exact) mass is 684 g/mol. The van der Waals surface area contributed by atoms with Crippen LogP contribution < -0.4 is 0 Å². The lowest BCUT2D eigenvalue weighted by Crippen LogP contribution is -2.60. The van der Waals surface area contributed by atoms with Gasteiger partial charge in [-0.25, -0.2) is 0 Å². The highest BCUT2D eigenvalue weighted by Gasteiger charge is 2.60. The number of carbonyl (C=O) groups excluding carboxylic acids is 4. The van der Waals surface area contributed by atoms with Gasteiger partial charge < -0.3 is 19.3 Å². The molecule has 276 valence electrons. The van der Waals surface area contributed by atoms with Crippen molar-refractivity contribution < 1.29 is 38.5 Å². The fourth-order valence-electron chi connectivity index (χ4n) is 12.1. The predicted octanol–water partition coefficient (Wildman–Crippen LogP) is 7.53. The molecule has 0 spiro atoms. The van der Waals surface area contributed by atoms with Crippen molar-refractivity contribution in [2.75, 3.05) is 0 Å². The van der Waals surface area contributed by atoms with Crippen molar-refractivity contribution in [3.63, 3.8) is 0 Å². The molecule has 9 fully saturated rings. The van der Waals surface area contributed by atoms with Crippen LogP contribution in [0.25, 0.3) is 0 Å². The Morgan fingerprint density at radius 2 is 1.20 bits per heavy atom. The van der Waals surface area contributed by atoms with E-state index in [2.05, 4.69) is 39.4 Å². The van der Waals surface area contributed by atoms with Gasteiger partial charge in [0.2, 0.25) is 0 Å². The molecule has 9 rings (SSSR count). The second-order valence-corrected chi connectivity index (χ2v) is 19.1. The fraction of sp³-hybridized carbons (Fsp3) is 0.902. The Hall–Kier alpha value is -1.96. The zero-order chi connectivity index (χ0) is 35.8. The number of carbonyl (C=O) groups is 4. The van der Waals surface area contributed by atoms with Crippen LogP contribution in [0, 0.1) is 82.9 Å². The van der Waals surface area contributed by atoms with Gasteiger partial charge in [0.15, 0.2) is 0 Å². The van der Waals surface area contributed by atoms with Gasteiger partial charge in [0.05, 0.1) is 29.3 Å². The summed E-state index contributed by atoms with van der Waals surface area (Å²) in [6.07, 6.45) is 11.3. The number of hydrogen-bond acceptors (Lipinski definition) is 8. The van der Waals surface area contributed by atoms with E-state index in [1.165, 1.54) is 19.3 Å². The van der Waals surface area contributed by atoms with Crippen LogP contribution >= 0.6 is 0 Å². The molecule has 8 saturated carbocycles. The maximum Gasteiger partial charge on any atom is 0.317 e. The van der Waals surface area contributed by atoms with Crippen molar-refractivity contribution in [1.82, 2.24) is 0 Å². The Balaban J connectivity index is 0.000000141. The standard InChI is InChI=1S/C20H30O3.C15H26O2.C6H8O3/c1-11-12(2)16-4-15(11)5-17(16)18(21)23-20-8-13-3-14(9-20)7-19(22,6-13)10-20;1-6-15(4,5)17-14(16)13-8-11-7-12(13)10(3)9(11)2;1-3-4(2)6(8)9-5(3)7/h11-17,22H,3-10H2,1-2H3;9-13H,6-8H2,1-5H3;3-4H,1-2H3. The lowest BCUT2D eigenvalue weighted by atomic mass is 9.52. The van der Waals surface area contributed by atoms with Gasteiger partial charge in [0, 0.05) is 6.42 Å². The van der Waals surface area contributed by atoms with Crippen molar-refractivity contribution in [1.29, 1.82) is 0 Å². The molecule has 8 bridgehead atoms. The molecule has 8 heteroatoms. The molecule has 1 saturated heterocycles. The summed E-state index contributed by atoms with van der Waals surface area (Å²) in [6, 6.07) is 0. The molecule has 1 N–H and O–H groups in total. The molecule has 49 heavy (non-hydrogen) atoms. The Bertz CT molecular complexity index is 1270. The molecule has 0 aromatic carbocycles. The summed E-state index contributed by atoms with van der Waals surface area (Å²) in [6.45, 7) is 18.8. The van der Waals surface area contributed by atoms with E-state index in [4.69, 9.17) is 9.47 Å². The molecule has 0 radical (unpaired) electrons. The number of fused-ring (bicyclic) bond motifs is 4. The average molecular weight is 685 g/mol. The van der Waals surface area contributed by atoms with Crippen molar-refractivity contribution in [3.05, 3.63) is 0 Å². The van der Waals surface area contributed by atoms with Crippen LogP contribution in [0.2, 0.25) is 0 Å². The van der Waals surface area contributed by atoms with E-state index in [0.717, 1.165) is 68.6 Å². The third-order valence-electron chi connectivity index (χ3n) is 15.6. The molecule has 1 aliphatic heterocycles. The maximum absolute atomic E-state index is 13.0. The summed E-state index contributed by atoms with van der Waals surface area (Å²) >= 11 is 0. The van der Waals surface area contributed by atoms with Crippen LogP contribution in [0.3, 0.4) is 0 Å². The number of ether oxygens (including phenoxy) is 3. The van der Waals surface area contributed by atoms with E-state index in [0.29, 0.717) is 41.9 Å². The molecule has 1 heterocycles. The average Bonchev–Trinajstić information content (AvgIpc) is 3.81. The SMILES string of the molecule is CC1C(=O)OC(=O)C1C.CC1C2CC(C(=O)OC34CC5CC(CC(O)(C5)C3)C4)C(C2)C1C.CCC(C)(C)OC(=O)C1CC2CC1C(C)C2C. The molecule has 8 aliphatic carbocycles. The second-order valence-electron chi connectivity index (χ2n) is 19.1. The van der Waals surface area contributed by atoms with Gasteiger partial charge in [-0.3, -0.25) is 19.2 Å². The Morgan fingerprint density at radius 3 is 1.57 bits per heavy atom. The predicted molar refractivity (Wildman–Crippen MR) is 184 cm³/mol. The van der Waals surface area contributed by atoms with Crippen LogP contribution in [-0.2, 0) is 33.4 Å². The number of rotatable bonds is 5. The van der Waals surface area contributed by atoms with E-state index < -0.39 is 17.5 Å². The lowest BCUT2D eigenvalue weighted by Gasteiger charge is -2.59. The molecule has 0 aromatic heterocycles. The van der Waals surface area contributed by atoms with E-state index in [1.54, 1.807) is 13.8 Å². The molecule has 0 aromatic rings. The summed E-state index contributed by atoms with van der Waals surface area (Å²) in [5.41, 5.74) is -1.17. The molecule has 0 amide bonds. The number of cyclic esters (lactones) is 2. The van der Waals surface area contributed by atoms with Gasteiger partial charge in [-0.15, -0.1) is 0 Å². The van der Waals surface area contributed by atoms with E-state index >= 15 is 0 Å². The van der Waals surface area contributed by atoms with Gasteiger partial charge in [0.25, 0.3) is 0 Å². The summed E-state index contributed by atoms with van der Waals surface area (Å²) in [5, 5.41) is 10.8. The minimum atomic E-state index is -0.541. The first-order valence-electron chi connectivity index (χ1n) is 19.8. The van der Waals surface area contributed by atoms with Crippen molar-refractivity contribution in [2.45, 2.75) is 150 Å². The van der Waals surface area contributed by atoms with E-state index in [-0.39, 0.29) is 46.8 Å². The highest BCUT2D eigenvalue weighted by Crippen LogP contribution is 2.61. The summed E-state index contributed by atoms with van der Waals surface area (Å²) in [7, 11) is 0. The van der Waals surface area contributed by atoms with Gasteiger partial charge in [0.1, 0.15) is 11.2 Å². The van der Waals surface area contributed by atoms with Gasteiger partial charge in [-0.05, 0) is 137 Å². The summed E-state index contributed by atoms with van der Waals surface area (Å²) in [5.74, 6) is 5.82. The second kappa shape index (κ2) is 13.2. The smallest absolute Gasteiger partial charge is 0.317 e. The van der Waals surface area contributed by atoms with Crippen LogP contribution in [-0.4, -0.2) is 45.8 Å². The van der Waals surface area contributed by atoms with Crippen molar-refractivity contribution in [3.8, 4) is 0 Å². The van der Waals surface area contributed by atoms with Gasteiger partial charge in [-0.1, -0.05) is 48.5 Å². The Morgan fingerprint density at radius 1 is 0.735 bits per heavy atom. The molecule has 9 aliphatic rings. The highest BCUT2D eigenvalue weighted by atomic mass is 16.6. The highest BCUT2D eigenvalue weighted by molar-refractivity contribution is 5.95. The van der Waals surface area contributed by atoms with Crippen molar-refractivity contribution >= 4 is 23.9 Å². The zero-order valence-electron chi connectivity index (χ0n) is 31.7. The molecular weight excluding hydrogens is 620 g/mol. The van der Waals surface area contributed by atoms with Gasteiger partial charge >= 0.3 is 23.9 Å². The first-order valence-corrected chi connectivity index (χ1v) is 19.8. The number of esters is 4.